The molecule has 17 heavy (non-hydrogen) atoms. The highest BCUT2D eigenvalue weighted by Crippen LogP contribution is 2.28. The Morgan fingerprint density at radius 3 is 2.53 bits per heavy atom. The molecule has 0 aliphatic heterocycles. The van der Waals surface area contributed by atoms with Gasteiger partial charge in [-0.25, -0.2) is 4.79 Å². The Hall–Kier alpha value is -1.51. The topological polar surface area (TPSA) is 37.8 Å². The van der Waals surface area contributed by atoms with Gasteiger partial charge in [-0.15, -0.1) is 0 Å². The molecule has 3 nitrogen and oxygen atoms in total. The predicted octanol–water partition coefficient (Wildman–Crippen LogP) is 3.22. The van der Waals surface area contributed by atoms with E-state index < -0.39 is 0 Å². The molecule has 0 saturated heterocycles. The maximum Gasteiger partial charge on any atom is 0.326 e. The molecule has 0 atom stereocenters. The van der Waals surface area contributed by atoms with E-state index in [-0.39, 0.29) is 5.69 Å². The second kappa shape index (κ2) is 4.40. The lowest BCUT2D eigenvalue weighted by atomic mass is 10.1. The number of nitrogens with zero attached hydrogens (tertiary/aromatic N) is 1. The molecule has 0 amide bonds. The molecular weight excluding hydrogens is 212 g/mol. The fourth-order valence-electron chi connectivity index (χ4n) is 2.95. The fraction of sp³-hybridized carbons (Fsp3) is 0.500. The van der Waals surface area contributed by atoms with Gasteiger partial charge in [-0.2, -0.15) is 0 Å². The molecule has 0 radical (unpaired) electrons. The van der Waals surface area contributed by atoms with Gasteiger partial charge in [0, 0.05) is 6.04 Å². The highest BCUT2D eigenvalue weighted by Gasteiger charge is 2.18. The smallest absolute Gasteiger partial charge is 0.306 e. The van der Waals surface area contributed by atoms with Crippen molar-refractivity contribution in [2.75, 3.05) is 0 Å². The van der Waals surface area contributed by atoms with E-state index in [2.05, 4.69) is 4.98 Å². The largest absolute Gasteiger partial charge is 0.326 e. The second-order valence-corrected chi connectivity index (χ2v) is 4.96. The van der Waals surface area contributed by atoms with Crippen LogP contribution in [0.1, 0.15) is 44.6 Å². The molecule has 1 N–H and O–H groups in total. The number of benzene rings is 1. The van der Waals surface area contributed by atoms with E-state index in [0.717, 1.165) is 23.9 Å². The number of nitrogens with one attached hydrogen (secondary N) is 1. The van der Waals surface area contributed by atoms with Gasteiger partial charge in [-0.3, -0.25) is 4.57 Å². The Morgan fingerprint density at radius 2 is 1.76 bits per heavy atom. The van der Waals surface area contributed by atoms with Crippen LogP contribution in [-0.4, -0.2) is 9.55 Å². The Bertz CT molecular complexity index is 559. The van der Waals surface area contributed by atoms with Crippen molar-refractivity contribution in [3.8, 4) is 0 Å². The third-order valence-corrected chi connectivity index (χ3v) is 3.81. The van der Waals surface area contributed by atoms with Crippen LogP contribution < -0.4 is 5.69 Å². The van der Waals surface area contributed by atoms with Gasteiger partial charge in [0.25, 0.3) is 0 Å². The minimum absolute atomic E-state index is 0.0538. The van der Waals surface area contributed by atoms with Crippen molar-refractivity contribution in [3.05, 3.63) is 34.7 Å². The number of fused-ring (bicyclic) bond motifs is 1. The lowest BCUT2D eigenvalue weighted by Gasteiger charge is -2.15. The maximum atomic E-state index is 12.1. The summed E-state index contributed by atoms with van der Waals surface area (Å²) < 4.78 is 1.97. The molecule has 1 saturated carbocycles. The van der Waals surface area contributed by atoms with Crippen LogP contribution in [-0.2, 0) is 0 Å². The predicted molar refractivity (Wildman–Crippen MR) is 69.3 cm³/mol. The number of rotatable bonds is 1. The fourth-order valence-corrected chi connectivity index (χ4v) is 2.95. The molecule has 1 aliphatic carbocycles. The third kappa shape index (κ3) is 1.90. The molecule has 1 aromatic carbocycles. The molecule has 0 spiro atoms. The first-order chi connectivity index (χ1) is 8.36. The minimum atomic E-state index is 0.0538. The molecule has 0 unspecified atom stereocenters. The summed E-state index contributed by atoms with van der Waals surface area (Å²) in [6.45, 7) is 0. The van der Waals surface area contributed by atoms with Gasteiger partial charge in [0.15, 0.2) is 0 Å². The maximum absolute atomic E-state index is 12.1. The van der Waals surface area contributed by atoms with Crippen molar-refractivity contribution in [2.24, 2.45) is 0 Å². The number of aromatic amines is 1. The van der Waals surface area contributed by atoms with Crippen molar-refractivity contribution >= 4 is 11.0 Å². The SMILES string of the molecule is O=c1[nH]c2ccccc2n1C1CCCCCC1. The highest BCUT2D eigenvalue weighted by atomic mass is 16.1. The van der Waals surface area contributed by atoms with Crippen LogP contribution >= 0.6 is 0 Å². The monoisotopic (exact) mass is 230 g/mol. The first-order valence-corrected chi connectivity index (χ1v) is 6.55. The zero-order chi connectivity index (χ0) is 11.7. The van der Waals surface area contributed by atoms with Gasteiger partial charge >= 0.3 is 5.69 Å². The molecule has 1 aliphatic rings. The van der Waals surface area contributed by atoms with E-state index >= 15 is 0 Å². The quantitative estimate of drug-likeness (QED) is 0.750. The van der Waals surface area contributed by atoms with E-state index in [1.165, 1.54) is 25.7 Å². The number of imidazole rings is 1. The van der Waals surface area contributed by atoms with Crippen LogP contribution in [0.2, 0.25) is 0 Å². The van der Waals surface area contributed by atoms with Crippen molar-refractivity contribution in [1.29, 1.82) is 0 Å². The zero-order valence-electron chi connectivity index (χ0n) is 9.98. The van der Waals surface area contributed by atoms with Crippen LogP contribution in [0.5, 0.6) is 0 Å². The zero-order valence-corrected chi connectivity index (χ0v) is 9.98. The van der Waals surface area contributed by atoms with Gasteiger partial charge in [0.2, 0.25) is 0 Å². The number of H-pyrrole nitrogens is 1. The summed E-state index contributed by atoms with van der Waals surface area (Å²) in [5.74, 6) is 0. The number of hydrogen-bond donors (Lipinski definition) is 1. The molecule has 1 aromatic heterocycles. The van der Waals surface area contributed by atoms with Gasteiger partial charge in [0.05, 0.1) is 11.0 Å². The summed E-state index contributed by atoms with van der Waals surface area (Å²) in [4.78, 5) is 15.0. The first kappa shape index (κ1) is 10.6. The molecule has 1 heterocycles. The van der Waals surface area contributed by atoms with Crippen LogP contribution in [0.25, 0.3) is 11.0 Å². The van der Waals surface area contributed by atoms with E-state index in [9.17, 15) is 4.79 Å². The summed E-state index contributed by atoms with van der Waals surface area (Å²) >= 11 is 0. The van der Waals surface area contributed by atoms with E-state index in [1.54, 1.807) is 0 Å². The minimum Gasteiger partial charge on any atom is -0.306 e. The van der Waals surface area contributed by atoms with Crippen molar-refractivity contribution in [2.45, 2.75) is 44.6 Å². The summed E-state index contributed by atoms with van der Waals surface area (Å²) in [5, 5.41) is 0. The Kier molecular flexibility index (Phi) is 2.75. The molecule has 3 rings (SSSR count). The Labute approximate surface area is 100 Å². The van der Waals surface area contributed by atoms with Crippen molar-refractivity contribution < 1.29 is 0 Å². The molecule has 90 valence electrons. The summed E-state index contributed by atoms with van der Waals surface area (Å²) in [6.07, 6.45) is 7.40. The van der Waals surface area contributed by atoms with E-state index in [4.69, 9.17) is 0 Å². The first-order valence-electron chi connectivity index (χ1n) is 6.55. The van der Waals surface area contributed by atoms with E-state index in [1.807, 2.05) is 28.8 Å². The summed E-state index contributed by atoms with van der Waals surface area (Å²) in [5.41, 5.74) is 2.07. The molecular formula is C14H18N2O. The number of hydrogen-bond acceptors (Lipinski definition) is 1. The normalized spacial score (nSPS) is 18.4. The molecule has 2 aromatic rings. The lowest BCUT2D eigenvalue weighted by molar-refractivity contribution is 0.444. The summed E-state index contributed by atoms with van der Waals surface area (Å²) in [7, 11) is 0. The molecule has 3 heteroatoms. The van der Waals surface area contributed by atoms with Crippen molar-refractivity contribution in [3.63, 3.8) is 0 Å². The molecule has 0 bridgehead atoms. The molecule has 1 fully saturated rings. The Morgan fingerprint density at radius 1 is 1.06 bits per heavy atom. The third-order valence-electron chi connectivity index (χ3n) is 3.81. The summed E-state index contributed by atoms with van der Waals surface area (Å²) in [6, 6.07) is 8.38. The van der Waals surface area contributed by atoms with Gasteiger partial charge in [-0.1, -0.05) is 37.8 Å². The lowest BCUT2D eigenvalue weighted by Crippen LogP contribution is -2.21. The van der Waals surface area contributed by atoms with Gasteiger partial charge in [-0.05, 0) is 25.0 Å². The van der Waals surface area contributed by atoms with Crippen molar-refractivity contribution in [1.82, 2.24) is 9.55 Å². The average Bonchev–Trinajstić information content (AvgIpc) is 2.53. The number of para-hydroxylation sites is 2. The average molecular weight is 230 g/mol. The second-order valence-electron chi connectivity index (χ2n) is 4.96. The highest BCUT2D eigenvalue weighted by molar-refractivity contribution is 5.75. The van der Waals surface area contributed by atoms with E-state index in [0.29, 0.717) is 6.04 Å². The number of aromatic nitrogens is 2. The van der Waals surface area contributed by atoms with Crippen LogP contribution in [0.3, 0.4) is 0 Å². The standard InChI is InChI=1S/C14H18N2O/c17-14-15-12-9-5-6-10-13(12)16(14)11-7-3-1-2-4-8-11/h5-6,9-11H,1-4,7-8H2,(H,15,17). The van der Waals surface area contributed by atoms with Gasteiger partial charge in [0.1, 0.15) is 0 Å². The van der Waals surface area contributed by atoms with Gasteiger partial charge < -0.3 is 4.98 Å². The van der Waals surface area contributed by atoms with Crippen LogP contribution in [0.4, 0.5) is 0 Å². The Balaban J connectivity index is 2.09. The van der Waals surface area contributed by atoms with Crippen LogP contribution in [0, 0.1) is 0 Å². The van der Waals surface area contributed by atoms with Crippen LogP contribution in [0.15, 0.2) is 29.1 Å².